The van der Waals surface area contributed by atoms with Gasteiger partial charge in [-0.05, 0) is 45.4 Å². The first-order valence-electron chi connectivity index (χ1n) is 11.3. The predicted molar refractivity (Wildman–Crippen MR) is 130 cm³/mol. The number of nitrogens with zero attached hydrogens (tertiary/aromatic N) is 5. The number of primary amides is 1. The number of halogens is 5. The molecule has 202 valence electrons. The van der Waals surface area contributed by atoms with Gasteiger partial charge < -0.3 is 11.1 Å². The number of fused-ring (bicyclic) bond motifs is 1. The number of thiophene rings is 1. The van der Waals surface area contributed by atoms with E-state index in [4.69, 9.17) is 5.73 Å². The zero-order chi connectivity index (χ0) is 28.1. The average molecular weight is 556 g/mol. The van der Waals surface area contributed by atoms with Gasteiger partial charge in [-0.25, -0.2) is 13.8 Å². The van der Waals surface area contributed by atoms with Gasteiger partial charge in [0.25, 0.3) is 12.3 Å². The Balaban J connectivity index is 1.88. The second-order valence-corrected chi connectivity index (χ2v) is 9.48. The lowest BCUT2D eigenvalue weighted by atomic mass is 10.0. The summed E-state index contributed by atoms with van der Waals surface area (Å²) in [6.45, 7) is 6.78. The van der Waals surface area contributed by atoms with E-state index in [0.717, 1.165) is 28.2 Å². The van der Waals surface area contributed by atoms with Crippen molar-refractivity contribution in [3.05, 3.63) is 46.0 Å². The molecule has 0 spiro atoms. The third kappa shape index (κ3) is 4.73. The molecule has 0 bridgehead atoms. The highest BCUT2D eigenvalue weighted by molar-refractivity contribution is 7.21. The number of rotatable bonds is 7. The number of hydrogen-bond acceptors (Lipinski definition) is 6. The average Bonchev–Trinajstić information content (AvgIpc) is 3.52. The quantitative estimate of drug-likeness (QED) is 0.302. The van der Waals surface area contributed by atoms with Crippen LogP contribution in [0.3, 0.4) is 0 Å². The molecule has 4 aromatic heterocycles. The Bertz CT molecular complexity index is 1550. The summed E-state index contributed by atoms with van der Waals surface area (Å²) in [5, 5.41) is 10.5. The van der Waals surface area contributed by atoms with Crippen molar-refractivity contribution in [2.45, 2.75) is 52.9 Å². The van der Waals surface area contributed by atoms with Crippen LogP contribution in [0.25, 0.3) is 21.3 Å². The van der Waals surface area contributed by atoms with Crippen LogP contribution < -0.4 is 11.1 Å². The Labute approximate surface area is 216 Å². The van der Waals surface area contributed by atoms with E-state index in [2.05, 4.69) is 20.5 Å². The van der Waals surface area contributed by atoms with Crippen molar-refractivity contribution in [1.29, 1.82) is 0 Å². The fourth-order valence-corrected chi connectivity index (χ4v) is 5.14. The van der Waals surface area contributed by atoms with Crippen molar-refractivity contribution in [2.75, 3.05) is 5.32 Å². The zero-order valence-electron chi connectivity index (χ0n) is 20.5. The SMILES string of the molecule is CCn1ncc(-c2cc(C(F)F)nc3sc(C(N)=O)c(NC(=O)C(C)n4nc(C(F)(F)F)cc4C)c23)c1C. The van der Waals surface area contributed by atoms with E-state index in [1.54, 1.807) is 11.6 Å². The topological polar surface area (TPSA) is 121 Å². The molecule has 0 saturated carbocycles. The van der Waals surface area contributed by atoms with Gasteiger partial charge in [0.05, 0.1) is 11.9 Å². The molecule has 2 amide bonds. The van der Waals surface area contributed by atoms with Crippen LogP contribution in [0.2, 0.25) is 0 Å². The van der Waals surface area contributed by atoms with E-state index in [0.29, 0.717) is 17.8 Å². The van der Waals surface area contributed by atoms with Gasteiger partial charge in [-0.15, -0.1) is 11.3 Å². The number of amides is 2. The van der Waals surface area contributed by atoms with Crippen molar-refractivity contribution in [3.8, 4) is 11.1 Å². The van der Waals surface area contributed by atoms with Gasteiger partial charge in [0.1, 0.15) is 21.4 Å². The van der Waals surface area contributed by atoms with Crippen LogP contribution in [-0.2, 0) is 17.5 Å². The summed E-state index contributed by atoms with van der Waals surface area (Å²) in [5.74, 6) is -1.76. The van der Waals surface area contributed by atoms with Crippen LogP contribution in [-0.4, -0.2) is 36.4 Å². The fraction of sp³-hybridized carbons (Fsp3) is 0.348. The van der Waals surface area contributed by atoms with Gasteiger partial charge in [-0.1, -0.05) is 0 Å². The first kappa shape index (κ1) is 27.2. The predicted octanol–water partition coefficient (Wildman–Crippen LogP) is 5.25. The van der Waals surface area contributed by atoms with Crippen molar-refractivity contribution in [3.63, 3.8) is 0 Å². The van der Waals surface area contributed by atoms with Gasteiger partial charge >= 0.3 is 6.18 Å². The van der Waals surface area contributed by atoms with Crippen molar-refractivity contribution < 1.29 is 31.5 Å². The number of carbonyl (C=O) groups excluding carboxylic acids is 2. The number of anilines is 1. The van der Waals surface area contributed by atoms with Gasteiger partial charge in [-0.3, -0.25) is 19.0 Å². The molecule has 38 heavy (non-hydrogen) atoms. The molecule has 4 heterocycles. The highest BCUT2D eigenvalue weighted by atomic mass is 32.1. The van der Waals surface area contributed by atoms with E-state index < -0.39 is 41.8 Å². The molecule has 3 N–H and O–H groups in total. The highest BCUT2D eigenvalue weighted by Crippen LogP contribution is 2.43. The third-order valence-electron chi connectivity index (χ3n) is 6.03. The second-order valence-electron chi connectivity index (χ2n) is 8.48. The lowest BCUT2D eigenvalue weighted by molar-refractivity contribution is -0.141. The number of aryl methyl sites for hydroxylation is 2. The molecule has 0 radical (unpaired) electrons. The maximum absolute atomic E-state index is 13.7. The molecule has 0 aliphatic carbocycles. The Morgan fingerprint density at radius 1 is 1.18 bits per heavy atom. The van der Waals surface area contributed by atoms with Crippen molar-refractivity contribution in [2.24, 2.45) is 5.73 Å². The van der Waals surface area contributed by atoms with E-state index >= 15 is 0 Å². The summed E-state index contributed by atoms with van der Waals surface area (Å²) in [5.41, 5.74) is 5.18. The highest BCUT2D eigenvalue weighted by Gasteiger charge is 2.36. The molecule has 0 aliphatic rings. The Morgan fingerprint density at radius 3 is 2.39 bits per heavy atom. The minimum Gasteiger partial charge on any atom is -0.365 e. The summed E-state index contributed by atoms with van der Waals surface area (Å²) >= 11 is 0.719. The zero-order valence-corrected chi connectivity index (χ0v) is 21.3. The summed E-state index contributed by atoms with van der Waals surface area (Å²) in [6, 6.07) is 0.727. The van der Waals surface area contributed by atoms with Crippen LogP contribution in [0.5, 0.6) is 0 Å². The maximum atomic E-state index is 13.7. The van der Waals surface area contributed by atoms with Gasteiger partial charge in [-0.2, -0.15) is 23.4 Å². The fourth-order valence-electron chi connectivity index (χ4n) is 4.12. The van der Waals surface area contributed by atoms with Crippen molar-refractivity contribution >= 4 is 39.1 Å². The van der Waals surface area contributed by atoms with Crippen LogP contribution in [0.15, 0.2) is 18.3 Å². The summed E-state index contributed by atoms with van der Waals surface area (Å²) in [4.78, 5) is 29.4. The van der Waals surface area contributed by atoms with Crippen LogP contribution in [0.4, 0.5) is 27.6 Å². The molecule has 0 aliphatic heterocycles. The minimum atomic E-state index is -4.71. The molecular formula is C23H22F5N7O2S. The van der Waals surface area contributed by atoms with Crippen LogP contribution in [0, 0.1) is 13.8 Å². The summed E-state index contributed by atoms with van der Waals surface area (Å²) in [7, 11) is 0. The molecule has 0 fully saturated rings. The monoisotopic (exact) mass is 555 g/mol. The van der Waals surface area contributed by atoms with E-state index in [-0.39, 0.29) is 32.0 Å². The molecule has 1 atom stereocenters. The molecule has 0 aromatic carbocycles. The Hall–Kier alpha value is -3.88. The first-order chi connectivity index (χ1) is 17.7. The van der Waals surface area contributed by atoms with E-state index in [1.165, 1.54) is 20.0 Å². The minimum absolute atomic E-state index is 0.0211. The molecule has 1 unspecified atom stereocenters. The lowest BCUT2D eigenvalue weighted by Gasteiger charge is -2.16. The Morgan fingerprint density at radius 2 is 1.87 bits per heavy atom. The third-order valence-corrected chi connectivity index (χ3v) is 7.13. The number of carbonyl (C=O) groups is 2. The molecule has 15 heteroatoms. The van der Waals surface area contributed by atoms with Crippen molar-refractivity contribution in [1.82, 2.24) is 24.5 Å². The van der Waals surface area contributed by atoms with Crippen LogP contribution in [0.1, 0.15) is 58.8 Å². The lowest BCUT2D eigenvalue weighted by Crippen LogP contribution is -2.26. The molecule has 4 rings (SSSR count). The number of aromatic nitrogens is 5. The normalized spacial score (nSPS) is 12.9. The van der Waals surface area contributed by atoms with E-state index in [1.807, 2.05) is 6.92 Å². The van der Waals surface area contributed by atoms with Gasteiger partial charge in [0.15, 0.2) is 5.69 Å². The molecule has 0 saturated heterocycles. The van der Waals surface area contributed by atoms with E-state index in [9.17, 15) is 31.5 Å². The summed E-state index contributed by atoms with van der Waals surface area (Å²) in [6.07, 6.45) is -6.16. The Kier molecular flexibility index (Phi) is 6.99. The number of nitrogens with one attached hydrogen (secondary N) is 1. The van der Waals surface area contributed by atoms with Gasteiger partial charge in [0, 0.05) is 28.9 Å². The number of nitrogens with two attached hydrogens (primary N) is 1. The first-order valence-corrected chi connectivity index (χ1v) is 12.1. The largest absolute Gasteiger partial charge is 0.435 e. The summed E-state index contributed by atoms with van der Waals surface area (Å²) < 4.78 is 69.4. The maximum Gasteiger partial charge on any atom is 0.435 e. The molecule has 4 aromatic rings. The molecular weight excluding hydrogens is 533 g/mol. The number of pyridine rings is 1. The van der Waals surface area contributed by atoms with Gasteiger partial charge in [0.2, 0.25) is 5.91 Å². The molecule has 9 nitrogen and oxygen atoms in total. The smallest absolute Gasteiger partial charge is 0.365 e. The second kappa shape index (κ2) is 9.78. The standard InChI is InChI=1S/C23H22F5N7O2S/c1-5-34-10(3)13(8-30-34)12-7-14(19(24)25)31-22-16(12)17(18(38-22)20(29)36)32-21(37)11(4)35-9(2)6-15(33-35)23(26,27)28/h6-8,11,19H,5H2,1-4H3,(H2,29,36)(H,32,37). The number of hydrogen-bond donors (Lipinski definition) is 2. The number of alkyl halides is 5. The van der Waals surface area contributed by atoms with Crippen LogP contribution >= 0.6 is 11.3 Å².